The van der Waals surface area contributed by atoms with Crippen LogP contribution in [0.3, 0.4) is 0 Å². The molecule has 0 aliphatic rings. The Morgan fingerprint density at radius 3 is 2.66 bits per heavy atom. The normalized spacial score (nSPS) is 11.2. The first-order chi connectivity index (χ1) is 16.7. The van der Waals surface area contributed by atoms with Crippen molar-refractivity contribution in [3.05, 3.63) is 79.6 Å². The second kappa shape index (κ2) is 9.41. The topological polar surface area (TPSA) is 67.2 Å². The number of carbonyl (C=O) groups excluding carboxylic acids is 1. The summed E-state index contributed by atoms with van der Waals surface area (Å²) in [7, 11) is 0. The van der Waals surface area contributed by atoms with Crippen molar-refractivity contribution in [1.29, 1.82) is 0 Å². The second-order valence-electron chi connectivity index (χ2n) is 7.94. The van der Waals surface area contributed by atoms with Crippen molar-refractivity contribution in [2.75, 3.05) is 5.32 Å². The van der Waals surface area contributed by atoms with E-state index in [0.717, 1.165) is 32.3 Å². The molecule has 5 aromatic rings. The van der Waals surface area contributed by atoms with Gasteiger partial charge >= 0.3 is 0 Å². The van der Waals surface area contributed by atoms with E-state index in [2.05, 4.69) is 15.6 Å². The van der Waals surface area contributed by atoms with E-state index in [9.17, 15) is 4.79 Å². The molecule has 2 heterocycles. The summed E-state index contributed by atoms with van der Waals surface area (Å²) in [6.07, 6.45) is 0. The number of fused-ring (bicyclic) bond motifs is 2. The van der Waals surface area contributed by atoms with Gasteiger partial charge in [0.1, 0.15) is 10.4 Å². The maximum atomic E-state index is 12.8. The Morgan fingerprint density at radius 1 is 1.06 bits per heavy atom. The third-order valence-electron chi connectivity index (χ3n) is 5.31. The lowest BCUT2D eigenvalue weighted by Gasteiger charge is -2.11. The molecule has 3 aromatic carbocycles. The number of aryl methyl sites for hydroxylation is 2. The number of amides is 1. The Kier molecular flexibility index (Phi) is 6.46. The van der Waals surface area contributed by atoms with Crippen molar-refractivity contribution in [3.8, 4) is 11.5 Å². The predicted octanol–water partition coefficient (Wildman–Crippen LogP) is 8.41. The van der Waals surface area contributed by atoms with Crippen molar-refractivity contribution in [2.45, 2.75) is 13.8 Å². The van der Waals surface area contributed by atoms with E-state index >= 15 is 0 Å². The number of anilines is 1. The molecule has 0 aliphatic heterocycles. The van der Waals surface area contributed by atoms with Gasteiger partial charge < -0.3 is 9.73 Å². The minimum atomic E-state index is -0.429. The third kappa shape index (κ3) is 4.75. The van der Waals surface area contributed by atoms with Gasteiger partial charge in [0, 0.05) is 20.7 Å². The van der Waals surface area contributed by atoms with Crippen molar-refractivity contribution in [1.82, 2.24) is 10.3 Å². The fraction of sp³-hybridized carbons (Fsp3) is 0.0800. The molecule has 0 atom stereocenters. The van der Waals surface area contributed by atoms with E-state index in [1.807, 2.05) is 32.0 Å². The number of thiophene rings is 1. The van der Waals surface area contributed by atoms with Crippen LogP contribution in [0.2, 0.25) is 15.1 Å². The molecule has 5 rings (SSSR count). The van der Waals surface area contributed by atoms with E-state index in [-0.39, 0.29) is 5.11 Å². The number of thiocarbonyl (C=S) groups is 1. The summed E-state index contributed by atoms with van der Waals surface area (Å²) in [5.74, 6) is 0.0287. The van der Waals surface area contributed by atoms with Crippen molar-refractivity contribution in [3.63, 3.8) is 0 Å². The molecule has 0 aliphatic carbocycles. The second-order valence-corrected chi connectivity index (χ2v) is 10.6. The molecule has 0 saturated carbocycles. The van der Waals surface area contributed by atoms with E-state index in [4.69, 9.17) is 51.4 Å². The maximum absolute atomic E-state index is 12.8. The number of carbonyl (C=O) groups is 1. The number of nitrogens with one attached hydrogen (secondary N) is 2. The fourth-order valence-corrected chi connectivity index (χ4v) is 5.81. The number of rotatable bonds is 3. The minimum absolute atomic E-state index is 0.0737. The summed E-state index contributed by atoms with van der Waals surface area (Å²) in [5, 5.41) is 7.80. The highest BCUT2D eigenvalue weighted by Gasteiger charge is 2.19. The van der Waals surface area contributed by atoms with Crippen LogP contribution in [0.5, 0.6) is 0 Å². The molecule has 2 aromatic heterocycles. The van der Waals surface area contributed by atoms with Gasteiger partial charge in [-0.05, 0) is 73.6 Å². The molecule has 0 saturated heterocycles. The summed E-state index contributed by atoms with van der Waals surface area (Å²) in [6.45, 7) is 4.00. The van der Waals surface area contributed by atoms with E-state index in [0.29, 0.717) is 37.1 Å². The number of nitrogens with zero attached hydrogens (tertiary/aromatic N) is 1. The Hall–Kier alpha value is -2.68. The van der Waals surface area contributed by atoms with Crippen LogP contribution < -0.4 is 10.6 Å². The van der Waals surface area contributed by atoms with Gasteiger partial charge in [0.2, 0.25) is 5.89 Å². The van der Waals surface area contributed by atoms with Gasteiger partial charge in [0.05, 0.1) is 15.7 Å². The van der Waals surface area contributed by atoms with Crippen molar-refractivity contribution in [2.24, 2.45) is 0 Å². The quantitative estimate of drug-likeness (QED) is 0.217. The Labute approximate surface area is 225 Å². The van der Waals surface area contributed by atoms with E-state index in [1.54, 1.807) is 30.3 Å². The zero-order valence-electron chi connectivity index (χ0n) is 18.3. The van der Waals surface area contributed by atoms with Gasteiger partial charge in [0.15, 0.2) is 10.7 Å². The smallest absolute Gasteiger partial charge is 0.269 e. The lowest BCUT2D eigenvalue weighted by Crippen LogP contribution is -2.33. The lowest BCUT2D eigenvalue weighted by molar-refractivity contribution is 0.0982. The van der Waals surface area contributed by atoms with Gasteiger partial charge in [-0.15, -0.1) is 11.3 Å². The molecule has 2 N–H and O–H groups in total. The van der Waals surface area contributed by atoms with Gasteiger partial charge in [-0.2, -0.15) is 0 Å². The van der Waals surface area contributed by atoms with Crippen LogP contribution in [0.25, 0.3) is 32.6 Å². The van der Waals surface area contributed by atoms with Crippen LogP contribution in [-0.2, 0) is 0 Å². The largest absolute Gasteiger partial charge is 0.436 e. The molecule has 0 fully saturated rings. The van der Waals surface area contributed by atoms with Crippen LogP contribution in [0.1, 0.15) is 20.8 Å². The molecule has 10 heteroatoms. The predicted molar refractivity (Wildman–Crippen MR) is 149 cm³/mol. The van der Waals surface area contributed by atoms with Crippen LogP contribution in [0.15, 0.2) is 52.9 Å². The molecule has 5 nitrogen and oxygen atoms in total. The van der Waals surface area contributed by atoms with Crippen LogP contribution >= 0.6 is 58.4 Å². The van der Waals surface area contributed by atoms with Crippen LogP contribution in [-0.4, -0.2) is 16.0 Å². The Morgan fingerprint density at radius 2 is 1.86 bits per heavy atom. The first-order valence-corrected chi connectivity index (χ1v) is 12.7. The minimum Gasteiger partial charge on any atom is -0.436 e. The summed E-state index contributed by atoms with van der Waals surface area (Å²) < 4.78 is 6.82. The number of oxazole rings is 1. The number of benzene rings is 3. The zero-order chi connectivity index (χ0) is 24.9. The standard InChI is InChI=1S/C25H16Cl3N3O2S2/c1-11-7-12(2)21-18(8-11)29-24(33-21)13-3-6-16(27)17(9-13)30-25(34)31-23(32)22-20(28)15-5-4-14(26)10-19(15)35-22/h3-10H,1-2H3,(H2,30,31,32,34). The maximum Gasteiger partial charge on any atom is 0.269 e. The van der Waals surface area contributed by atoms with E-state index < -0.39 is 5.91 Å². The Bertz CT molecular complexity index is 1660. The van der Waals surface area contributed by atoms with Crippen molar-refractivity contribution < 1.29 is 9.21 Å². The summed E-state index contributed by atoms with van der Waals surface area (Å²) in [5.41, 5.74) is 4.85. The first-order valence-electron chi connectivity index (χ1n) is 10.4. The molecular formula is C25H16Cl3N3O2S2. The average molecular weight is 561 g/mol. The summed E-state index contributed by atoms with van der Waals surface area (Å²) >= 11 is 25.5. The highest BCUT2D eigenvalue weighted by atomic mass is 35.5. The molecule has 1 amide bonds. The highest BCUT2D eigenvalue weighted by molar-refractivity contribution is 7.80. The van der Waals surface area contributed by atoms with E-state index in [1.165, 1.54) is 11.3 Å². The number of hydrogen-bond acceptors (Lipinski definition) is 5. The van der Waals surface area contributed by atoms with Gasteiger partial charge in [-0.3, -0.25) is 10.1 Å². The van der Waals surface area contributed by atoms with Gasteiger partial charge in [0.25, 0.3) is 5.91 Å². The van der Waals surface area contributed by atoms with Crippen LogP contribution in [0.4, 0.5) is 5.69 Å². The summed E-state index contributed by atoms with van der Waals surface area (Å²) in [6, 6.07) is 14.6. The SMILES string of the molecule is Cc1cc(C)c2oc(-c3ccc(Cl)c(NC(=S)NC(=O)c4sc5cc(Cl)ccc5c4Cl)c3)nc2c1. The van der Waals surface area contributed by atoms with Gasteiger partial charge in [-0.1, -0.05) is 46.9 Å². The van der Waals surface area contributed by atoms with Crippen molar-refractivity contribution >= 4 is 96.3 Å². The monoisotopic (exact) mass is 559 g/mol. The third-order valence-corrected chi connectivity index (χ3v) is 7.73. The van der Waals surface area contributed by atoms with Crippen LogP contribution in [0, 0.1) is 13.8 Å². The molecule has 0 radical (unpaired) electrons. The van der Waals surface area contributed by atoms with Gasteiger partial charge in [-0.25, -0.2) is 4.98 Å². The number of halogens is 3. The molecule has 0 spiro atoms. The molecule has 0 unspecified atom stereocenters. The molecule has 0 bridgehead atoms. The molecule has 35 heavy (non-hydrogen) atoms. The first kappa shape index (κ1) is 24.0. The Balaban J connectivity index is 1.37. The fourth-order valence-electron chi connectivity index (χ4n) is 3.75. The summed E-state index contributed by atoms with van der Waals surface area (Å²) in [4.78, 5) is 17.8. The lowest BCUT2D eigenvalue weighted by atomic mass is 10.1. The highest BCUT2D eigenvalue weighted by Crippen LogP contribution is 2.37. The number of aromatic nitrogens is 1. The molecule has 176 valence electrons. The average Bonchev–Trinajstić information content (AvgIpc) is 3.36. The number of hydrogen-bond donors (Lipinski definition) is 2. The zero-order valence-corrected chi connectivity index (χ0v) is 22.2. The molecular weight excluding hydrogens is 545 g/mol.